The van der Waals surface area contributed by atoms with Crippen molar-refractivity contribution in [3.63, 3.8) is 0 Å². The van der Waals surface area contributed by atoms with Crippen LogP contribution in [0.3, 0.4) is 0 Å². The van der Waals surface area contributed by atoms with Gasteiger partial charge in [-0.25, -0.2) is 4.39 Å². The largest absolute Gasteiger partial charge is 0.481 e. The molecule has 0 saturated heterocycles. The molecule has 6 heteroatoms. The van der Waals surface area contributed by atoms with Crippen molar-refractivity contribution >= 4 is 33.3 Å². The van der Waals surface area contributed by atoms with Crippen LogP contribution in [0.4, 0.5) is 4.39 Å². The summed E-state index contributed by atoms with van der Waals surface area (Å²) in [6.07, 6.45) is 0. The Kier molecular flexibility index (Phi) is 4.27. The van der Waals surface area contributed by atoms with Gasteiger partial charge in [0.25, 0.3) is 5.91 Å². The molecule has 1 heterocycles. The number of benzene rings is 1. The molecule has 2 N–H and O–H groups in total. The number of thiophene rings is 1. The summed E-state index contributed by atoms with van der Waals surface area (Å²) in [5.41, 5.74) is 0.780. The Hall–Kier alpha value is -1.95. The molecule has 2 aromatic rings. The molecule has 0 bridgehead atoms. The Balaban J connectivity index is 2.27. The van der Waals surface area contributed by atoms with E-state index < -0.39 is 17.9 Å². The van der Waals surface area contributed by atoms with Crippen molar-refractivity contribution < 1.29 is 19.1 Å². The minimum atomic E-state index is -0.960. The molecule has 21 heavy (non-hydrogen) atoms. The van der Waals surface area contributed by atoms with Crippen LogP contribution in [0.1, 0.15) is 29.1 Å². The second kappa shape index (κ2) is 5.81. The van der Waals surface area contributed by atoms with E-state index in [2.05, 4.69) is 5.32 Å². The highest BCUT2D eigenvalue weighted by Crippen LogP contribution is 2.31. The van der Waals surface area contributed by atoms with Crippen LogP contribution in [0.15, 0.2) is 18.2 Å². The Morgan fingerprint density at radius 3 is 2.62 bits per heavy atom. The first-order chi connectivity index (χ1) is 9.81. The lowest BCUT2D eigenvalue weighted by Gasteiger charge is -2.17. The van der Waals surface area contributed by atoms with Gasteiger partial charge in [0.15, 0.2) is 0 Å². The predicted molar refractivity (Wildman–Crippen MR) is 80.2 cm³/mol. The third kappa shape index (κ3) is 3.05. The molecule has 1 amide bonds. The van der Waals surface area contributed by atoms with Gasteiger partial charge in [-0.3, -0.25) is 9.59 Å². The molecule has 2 unspecified atom stereocenters. The maximum Gasteiger partial charge on any atom is 0.308 e. The average molecular weight is 309 g/mol. The normalized spacial score (nSPS) is 13.9. The van der Waals surface area contributed by atoms with E-state index in [1.807, 2.05) is 0 Å². The van der Waals surface area contributed by atoms with Gasteiger partial charge in [-0.05, 0) is 43.9 Å². The number of aliphatic carboxylic acids is 1. The number of aryl methyl sites for hydroxylation is 1. The first-order valence-corrected chi connectivity index (χ1v) is 7.35. The van der Waals surface area contributed by atoms with Gasteiger partial charge < -0.3 is 10.4 Å². The second-order valence-corrected chi connectivity index (χ2v) is 6.14. The van der Waals surface area contributed by atoms with Crippen LogP contribution in [0, 0.1) is 18.7 Å². The number of carbonyl (C=O) groups is 2. The number of halogens is 1. The van der Waals surface area contributed by atoms with Crippen LogP contribution >= 0.6 is 11.3 Å². The second-order valence-electron chi connectivity index (χ2n) is 5.09. The Morgan fingerprint density at radius 1 is 1.33 bits per heavy atom. The lowest BCUT2D eigenvalue weighted by molar-refractivity contribution is -0.141. The van der Waals surface area contributed by atoms with Gasteiger partial charge in [0, 0.05) is 10.7 Å². The van der Waals surface area contributed by atoms with Crippen LogP contribution in [0.5, 0.6) is 0 Å². The van der Waals surface area contributed by atoms with E-state index in [9.17, 15) is 14.0 Å². The topological polar surface area (TPSA) is 66.4 Å². The van der Waals surface area contributed by atoms with Crippen molar-refractivity contribution in [2.24, 2.45) is 5.92 Å². The molecule has 2 atom stereocenters. The first-order valence-electron chi connectivity index (χ1n) is 6.53. The fourth-order valence-electron chi connectivity index (χ4n) is 2.03. The molecule has 0 aliphatic heterocycles. The molecule has 0 aliphatic carbocycles. The molecule has 1 aromatic heterocycles. The summed E-state index contributed by atoms with van der Waals surface area (Å²) < 4.78 is 13.9. The molecule has 0 fully saturated rings. The maximum atomic E-state index is 13.2. The van der Waals surface area contributed by atoms with Gasteiger partial charge in [0.2, 0.25) is 0 Å². The number of rotatable bonds is 4. The van der Waals surface area contributed by atoms with Crippen molar-refractivity contribution in [1.29, 1.82) is 0 Å². The van der Waals surface area contributed by atoms with Crippen molar-refractivity contribution in [2.75, 3.05) is 0 Å². The number of carbonyl (C=O) groups excluding carboxylic acids is 1. The fraction of sp³-hybridized carbons (Fsp3) is 0.333. The first kappa shape index (κ1) is 15.4. The zero-order valence-electron chi connectivity index (χ0n) is 11.9. The van der Waals surface area contributed by atoms with E-state index >= 15 is 0 Å². The van der Waals surface area contributed by atoms with E-state index in [1.54, 1.807) is 26.8 Å². The zero-order valence-corrected chi connectivity index (χ0v) is 12.8. The van der Waals surface area contributed by atoms with E-state index in [4.69, 9.17) is 5.11 Å². The van der Waals surface area contributed by atoms with Crippen molar-refractivity contribution in [2.45, 2.75) is 26.8 Å². The summed E-state index contributed by atoms with van der Waals surface area (Å²) >= 11 is 1.21. The average Bonchev–Trinajstić information content (AvgIpc) is 2.74. The number of hydrogen-bond acceptors (Lipinski definition) is 3. The molecule has 0 saturated carbocycles. The van der Waals surface area contributed by atoms with Gasteiger partial charge in [-0.15, -0.1) is 11.3 Å². The van der Waals surface area contributed by atoms with Crippen molar-refractivity contribution in [3.8, 4) is 0 Å². The quantitative estimate of drug-likeness (QED) is 0.911. The number of carboxylic acid groups (broad SMARTS) is 1. The Morgan fingerprint density at radius 2 is 2.00 bits per heavy atom. The third-order valence-corrected chi connectivity index (χ3v) is 4.86. The molecular formula is C15H16FNO3S. The smallest absolute Gasteiger partial charge is 0.308 e. The summed E-state index contributed by atoms with van der Waals surface area (Å²) in [6.45, 7) is 5.00. The van der Waals surface area contributed by atoms with E-state index in [0.29, 0.717) is 9.58 Å². The lowest BCUT2D eigenvalue weighted by Crippen LogP contribution is -2.39. The van der Waals surface area contributed by atoms with Gasteiger partial charge in [0.05, 0.1) is 10.8 Å². The number of nitrogens with one attached hydrogen (secondary N) is 1. The van der Waals surface area contributed by atoms with E-state index in [-0.39, 0.29) is 11.7 Å². The number of carboxylic acids is 1. The van der Waals surface area contributed by atoms with Crippen LogP contribution in [0.25, 0.3) is 10.1 Å². The Bertz CT molecular complexity index is 710. The number of hydrogen-bond donors (Lipinski definition) is 2. The standard InChI is InChI=1S/C15H16FNO3S/c1-7(15(19)20)9(3)17-14(18)13-8(2)11-5-4-10(16)6-12(11)21-13/h4-7,9H,1-3H3,(H,17,18)(H,19,20). The monoisotopic (exact) mass is 309 g/mol. The highest BCUT2D eigenvalue weighted by molar-refractivity contribution is 7.21. The molecule has 0 radical (unpaired) electrons. The Labute approximate surface area is 125 Å². The van der Waals surface area contributed by atoms with E-state index in [1.165, 1.54) is 23.5 Å². The van der Waals surface area contributed by atoms with Crippen LogP contribution in [0.2, 0.25) is 0 Å². The van der Waals surface area contributed by atoms with Gasteiger partial charge >= 0.3 is 5.97 Å². The predicted octanol–water partition coefficient (Wildman–Crippen LogP) is 3.19. The summed E-state index contributed by atoms with van der Waals surface area (Å²) in [5, 5.41) is 12.5. The summed E-state index contributed by atoms with van der Waals surface area (Å²) in [6, 6.07) is 3.92. The number of fused-ring (bicyclic) bond motifs is 1. The van der Waals surface area contributed by atoms with Gasteiger partial charge in [0.1, 0.15) is 5.82 Å². The third-order valence-electron chi connectivity index (χ3n) is 3.60. The molecule has 0 spiro atoms. The van der Waals surface area contributed by atoms with Crippen LogP contribution in [-0.4, -0.2) is 23.0 Å². The highest BCUT2D eigenvalue weighted by atomic mass is 32.1. The lowest BCUT2D eigenvalue weighted by atomic mass is 10.0. The fourth-order valence-corrected chi connectivity index (χ4v) is 3.16. The number of amides is 1. The van der Waals surface area contributed by atoms with E-state index in [0.717, 1.165) is 10.9 Å². The minimum absolute atomic E-state index is 0.324. The zero-order chi connectivity index (χ0) is 15.7. The molecular weight excluding hydrogens is 293 g/mol. The molecule has 4 nitrogen and oxygen atoms in total. The van der Waals surface area contributed by atoms with Crippen LogP contribution < -0.4 is 5.32 Å². The molecule has 0 aliphatic rings. The molecule has 1 aromatic carbocycles. The van der Waals surface area contributed by atoms with Crippen molar-refractivity contribution in [3.05, 3.63) is 34.5 Å². The highest BCUT2D eigenvalue weighted by Gasteiger charge is 2.23. The maximum absolute atomic E-state index is 13.2. The van der Waals surface area contributed by atoms with Crippen molar-refractivity contribution in [1.82, 2.24) is 5.32 Å². The van der Waals surface area contributed by atoms with Gasteiger partial charge in [-0.2, -0.15) is 0 Å². The summed E-state index contributed by atoms with van der Waals surface area (Å²) in [5.74, 6) is -2.31. The molecule has 112 valence electrons. The van der Waals surface area contributed by atoms with Gasteiger partial charge in [-0.1, -0.05) is 6.07 Å². The SMILES string of the molecule is Cc1c(C(=O)NC(C)C(C)C(=O)O)sc2cc(F)ccc12. The van der Waals surface area contributed by atoms with Crippen LogP contribution in [-0.2, 0) is 4.79 Å². The minimum Gasteiger partial charge on any atom is -0.481 e. The molecule has 2 rings (SSSR count). The summed E-state index contributed by atoms with van der Waals surface area (Å²) in [7, 11) is 0. The summed E-state index contributed by atoms with van der Waals surface area (Å²) in [4.78, 5) is 23.7.